The van der Waals surface area contributed by atoms with Gasteiger partial charge in [-0.3, -0.25) is 4.79 Å². The van der Waals surface area contributed by atoms with Gasteiger partial charge in [0.05, 0.1) is 24.8 Å². The molecule has 1 atom stereocenters. The topological polar surface area (TPSA) is 71.4 Å². The fourth-order valence-electron chi connectivity index (χ4n) is 4.33. The minimum atomic E-state index is 0.0159. The summed E-state index contributed by atoms with van der Waals surface area (Å²) in [5.74, 6) is 2.35. The maximum absolute atomic E-state index is 13.3. The zero-order valence-corrected chi connectivity index (χ0v) is 18.6. The van der Waals surface area contributed by atoms with Crippen LogP contribution in [0.3, 0.4) is 0 Å². The van der Waals surface area contributed by atoms with E-state index in [1.54, 1.807) is 19.5 Å². The molecule has 32 heavy (non-hydrogen) atoms. The van der Waals surface area contributed by atoms with Gasteiger partial charge in [0, 0.05) is 41.6 Å². The molecule has 0 saturated carbocycles. The molecule has 1 saturated heterocycles. The molecule has 2 aromatic carbocycles. The number of amides is 1. The van der Waals surface area contributed by atoms with Gasteiger partial charge in [0.1, 0.15) is 11.5 Å². The second-order valence-corrected chi connectivity index (χ2v) is 8.61. The molecule has 0 radical (unpaired) electrons. The van der Waals surface area contributed by atoms with Crippen molar-refractivity contribution >= 4 is 28.4 Å². The zero-order valence-electron chi connectivity index (χ0n) is 17.8. The van der Waals surface area contributed by atoms with Crippen LogP contribution in [0.2, 0.25) is 5.02 Å². The van der Waals surface area contributed by atoms with E-state index in [4.69, 9.17) is 20.8 Å². The molecule has 164 valence electrons. The number of benzene rings is 2. The quantitative estimate of drug-likeness (QED) is 0.441. The standard InChI is InChI=1S/C25H24ClN3O3/c1-31-19-8-9-23-21(12-19)22(14-27-23)25(30)29-10-2-3-17(15-29)24-28-13-20(32-24)11-16-4-6-18(26)7-5-16/h4-9,12-14,17,27H,2-3,10-11,15H2,1H3/t17-/m1/s1. The maximum atomic E-state index is 13.3. The number of ether oxygens (including phenoxy) is 1. The third-order valence-electron chi connectivity index (χ3n) is 6.04. The van der Waals surface area contributed by atoms with E-state index in [1.165, 1.54) is 0 Å². The molecular formula is C25H24ClN3O3. The normalized spacial score (nSPS) is 16.4. The zero-order chi connectivity index (χ0) is 22.1. The van der Waals surface area contributed by atoms with E-state index >= 15 is 0 Å². The van der Waals surface area contributed by atoms with Crippen LogP contribution in [0, 0.1) is 0 Å². The predicted octanol–water partition coefficient (Wildman–Crippen LogP) is 5.43. The summed E-state index contributed by atoms with van der Waals surface area (Å²) in [5, 5.41) is 1.59. The van der Waals surface area contributed by atoms with Gasteiger partial charge in [-0.15, -0.1) is 0 Å². The first-order valence-electron chi connectivity index (χ1n) is 10.7. The SMILES string of the molecule is COc1ccc2[nH]cc(C(=O)N3CCC[C@@H](c4ncc(Cc5ccc(Cl)cc5)o4)C3)c2c1. The summed E-state index contributed by atoms with van der Waals surface area (Å²) in [6, 6.07) is 13.4. The Bertz CT molecular complexity index is 1250. The highest BCUT2D eigenvalue weighted by Crippen LogP contribution is 2.30. The van der Waals surface area contributed by atoms with Crippen molar-refractivity contribution in [1.29, 1.82) is 0 Å². The van der Waals surface area contributed by atoms with Gasteiger partial charge in [-0.2, -0.15) is 0 Å². The largest absolute Gasteiger partial charge is 0.497 e. The highest BCUT2D eigenvalue weighted by atomic mass is 35.5. The molecular weight excluding hydrogens is 426 g/mol. The number of piperidine rings is 1. The Morgan fingerprint density at radius 3 is 2.94 bits per heavy atom. The lowest BCUT2D eigenvalue weighted by molar-refractivity contribution is 0.0700. The highest BCUT2D eigenvalue weighted by Gasteiger charge is 2.29. The number of fused-ring (bicyclic) bond motifs is 1. The van der Waals surface area contributed by atoms with Gasteiger partial charge in [-0.05, 0) is 48.7 Å². The summed E-state index contributed by atoms with van der Waals surface area (Å²) in [5.41, 5.74) is 2.70. The number of likely N-dealkylation sites (tertiary alicyclic amines) is 1. The molecule has 1 aliphatic heterocycles. The van der Waals surface area contributed by atoms with Gasteiger partial charge in [0.2, 0.25) is 0 Å². The van der Waals surface area contributed by atoms with Gasteiger partial charge in [-0.1, -0.05) is 23.7 Å². The van der Waals surface area contributed by atoms with Crippen LogP contribution < -0.4 is 4.74 Å². The minimum absolute atomic E-state index is 0.0159. The van der Waals surface area contributed by atoms with E-state index in [9.17, 15) is 4.79 Å². The number of hydrogen-bond donors (Lipinski definition) is 1. The number of halogens is 1. The van der Waals surface area contributed by atoms with Crippen molar-refractivity contribution in [3.63, 3.8) is 0 Å². The second kappa shape index (κ2) is 8.71. The van der Waals surface area contributed by atoms with Gasteiger partial charge >= 0.3 is 0 Å². The molecule has 7 heteroatoms. The molecule has 6 nitrogen and oxygen atoms in total. The van der Waals surface area contributed by atoms with Crippen molar-refractivity contribution in [3.8, 4) is 5.75 Å². The summed E-state index contributed by atoms with van der Waals surface area (Å²) in [6.45, 7) is 1.32. The smallest absolute Gasteiger partial charge is 0.256 e. The molecule has 2 aromatic heterocycles. The Hall–Kier alpha value is -3.25. The molecule has 1 N–H and O–H groups in total. The number of hydrogen-bond acceptors (Lipinski definition) is 4. The van der Waals surface area contributed by atoms with Gasteiger partial charge < -0.3 is 19.0 Å². The molecule has 0 aliphatic carbocycles. The number of oxazole rings is 1. The van der Waals surface area contributed by atoms with Crippen LogP contribution in [-0.4, -0.2) is 41.0 Å². The highest BCUT2D eigenvalue weighted by molar-refractivity contribution is 6.30. The number of rotatable bonds is 5. The van der Waals surface area contributed by atoms with Crippen LogP contribution in [-0.2, 0) is 6.42 Å². The summed E-state index contributed by atoms with van der Waals surface area (Å²) in [7, 11) is 1.63. The second-order valence-electron chi connectivity index (χ2n) is 8.17. The Balaban J connectivity index is 1.31. The number of methoxy groups -OCH3 is 1. The van der Waals surface area contributed by atoms with E-state index in [1.807, 2.05) is 47.4 Å². The Labute approximate surface area is 191 Å². The minimum Gasteiger partial charge on any atom is -0.497 e. The van der Waals surface area contributed by atoms with Crippen molar-refractivity contribution in [2.75, 3.05) is 20.2 Å². The average Bonchev–Trinajstić information content (AvgIpc) is 3.47. The monoisotopic (exact) mass is 449 g/mol. The van der Waals surface area contributed by atoms with Crippen LogP contribution in [0.15, 0.2) is 59.3 Å². The van der Waals surface area contributed by atoms with E-state index in [0.717, 1.165) is 47.4 Å². The lowest BCUT2D eigenvalue weighted by Crippen LogP contribution is -2.39. The molecule has 1 aliphatic rings. The number of nitrogens with one attached hydrogen (secondary N) is 1. The number of H-pyrrole nitrogens is 1. The number of carbonyl (C=O) groups excluding carboxylic acids is 1. The molecule has 3 heterocycles. The van der Waals surface area contributed by atoms with Crippen molar-refractivity contribution < 1.29 is 13.9 Å². The van der Waals surface area contributed by atoms with E-state index < -0.39 is 0 Å². The van der Waals surface area contributed by atoms with Crippen LogP contribution in [0.5, 0.6) is 5.75 Å². The van der Waals surface area contributed by atoms with Gasteiger partial charge in [0.25, 0.3) is 5.91 Å². The molecule has 1 amide bonds. The van der Waals surface area contributed by atoms with E-state index in [0.29, 0.717) is 29.4 Å². The van der Waals surface area contributed by atoms with Crippen molar-refractivity contribution in [2.24, 2.45) is 0 Å². The maximum Gasteiger partial charge on any atom is 0.256 e. The van der Waals surface area contributed by atoms with Crippen LogP contribution in [0.4, 0.5) is 0 Å². The van der Waals surface area contributed by atoms with Crippen LogP contribution in [0.1, 0.15) is 46.3 Å². The first-order chi connectivity index (χ1) is 15.6. The summed E-state index contributed by atoms with van der Waals surface area (Å²) < 4.78 is 11.4. The average molecular weight is 450 g/mol. The predicted molar refractivity (Wildman–Crippen MR) is 123 cm³/mol. The van der Waals surface area contributed by atoms with Gasteiger partial charge in [0.15, 0.2) is 5.89 Å². The molecule has 0 bridgehead atoms. The summed E-state index contributed by atoms with van der Waals surface area (Å²) >= 11 is 5.97. The number of nitrogens with zero attached hydrogens (tertiary/aromatic N) is 2. The fraction of sp³-hybridized carbons (Fsp3) is 0.280. The third-order valence-corrected chi connectivity index (χ3v) is 6.29. The number of aromatic amines is 1. The Kier molecular flexibility index (Phi) is 5.62. The molecule has 1 fully saturated rings. The summed E-state index contributed by atoms with van der Waals surface area (Å²) in [4.78, 5) is 23.0. The van der Waals surface area contributed by atoms with E-state index in [-0.39, 0.29) is 11.8 Å². The Morgan fingerprint density at radius 2 is 2.12 bits per heavy atom. The lowest BCUT2D eigenvalue weighted by atomic mass is 9.97. The lowest BCUT2D eigenvalue weighted by Gasteiger charge is -2.31. The van der Waals surface area contributed by atoms with Crippen molar-refractivity contribution in [1.82, 2.24) is 14.9 Å². The van der Waals surface area contributed by atoms with Crippen molar-refractivity contribution in [2.45, 2.75) is 25.2 Å². The van der Waals surface area contributed by atoms with Crippen LogP contribution in [0.25, 0.3) is 10.9 Å². The van der Waals surface area contributed by atoms with Crippen LogP contribution >= 0.6 is 11.6 Å². The molecule has 0 unspecified atom stereocenters. The third kappa shape index (κ3) is 4.10. The molecule has 5 rings (SSSR count). The Morgan fingerprint density at radius 1 is 1.28 bits per heavy atom. The molecule has 4 aromatic rings. The van der Waals surface area contributed by atoms with Gasteiger partial charge in [-0.25, -0.2) is 4.98 Å². The van der Waals surface area contributed by atoms with Crippen molar-refractivity contribution in [3.05, 3.63) is 82.7 Å². The van der Waals surface area contributed by atoms with E-state index in [2.05, 4.69) is 9.97 Å². The number of aromatic nitrogens is 2. The first kappa shape index (κ1) is 20.6. The molecule has 0 spiro atoms. The first-order valence-corrected chi connectivity index (χ1v) is 11.1. The fourth-order valence-corrected chi connectivity index (χ4v) is 4.46. The number of carbonyl (C=O) groups is 1. The summed E-state index contributed by atoms with van der Waals surface area (Å²) in [6.07, 6.45) is 6.10.